The molecule has 3 aromatic rings. The van der Waals surface area contributed by atoms with Crippen LogP contribution in [0.1, 0.15) is 34.3 Å². The molecule has 1 aliphatic carbocycles. The van der Waals surface area contributed by atoms with E-state index in [9.17, 15) is 18.8 Å². The SMILES string of the molecule is C/C(=C\CNC(=O)OCC1c2ccccc2-c2ccccc21)C(=O)Nc1cc(C(=O)O)ccc1F. The van der Waals surface area contributed by atoms with E-state index in [0.29, 0.717) is 0 Å². The lowest BCUT2D eigenvalue weighted by Gasteiger charge is -2.14. The van der Waals surface area contributed by atoms with Gasteiger partial charge in [0.1, 0.15) is 12.4 Å². The van der Waals surface area contributed by atoms with Gasteiger partial charge in [-0.05, 0) is 47.4 Å². The monoisotopic (exact) mass is 474 g/mol. The molecule has 0 bridgehead atoms. The topological polar surface area (TPSA) is 105 Å². The largest absolute Gasteiger partial charge is 0.478 e. The van der Waals surface area contributed by atoms with E-state index in [0.717, 1.165) is 40.5 Å². The first-order valence-corrected chi connectivity index (χ1v) is 10.9. The maximum Gasteiger partial charge on any atom is 0.407 e. The summed E-state index contributed by atoms with van der Waals surface area (Å²) in [5.41, 5.74) is 4.29. The summed E-state index contributed by atoms with van der Waals surface area (Å²) in [7, 11) is 0. The molecule has 178 valence electrons. The van der Waals surface area contributed by atoms with Crippen LogP contribution in [-0.2, 0) is 9.53 Å². The minimum absolute atomic E-state index is 0.0214. The predicted octanol–water partition coefficient (Wildman–Crippen LogP) is 4.95. The minimum atomic E-state index is -1.24. The quantitative estimate of drug-likeness (QED) is 0.421. The van der Waals surface area contributed by atoms with Gasteiger partial charge in [0.05, 0.1) is 11.3 Å². The zero-order chi connectivity index (χ0) is 24.9. The smallest absolute Gasteiger partial charge is 0.407 e. The molecule has 7 nitrogen and oxygen atoms in total. The number of benzene rings is 3. The maximum absolute atomic E-state index is 13.9. The van der Waals surface area contributed by atoms with Gasteiger partial charge >= 0.3 is 12.1 Å². The number of nitrogens with one attached hydrogen (secondary N) is 2. The third kappa shape index (κ3) is 5.22. The number of carboxylic acid groups (broad SMARTS) is 1. The number of anilines is 1. The molecule has 4 rings (SSSR count). The van der Waals surface area contributed by atoms with E-state index in [1.165, 1.54) is 13.0 Å². The molecule has 0 heterocycles. The summed E-state index contributed by atoms with van der Waals surface area (Å²) in [6, 6.07) is 19.2. The van der Waals surface area contributed by atoms with Crippen LogP contribution >= 0.6 is 0 Å². The van der Waals surface area contributed by atoms with Gasteiger partial charge < -0.3 is 20.5 Å². The third-order valence-electron chi connectivity index (χ3n) is 5.82. The van der Waals surface area contributed by atoms with Gasteiger partial charge in [-0.3, -0.25) is 4.79 Å². The lowest BCUT2D eigenvalue weighted by atomic mass is 9.98. The lowest BCUT2D eigenvalue weighted by Crippen LogP contribution is -2.26. The summed E-state index contributed by atoms with van der Waals surface area (Å²) in [5.74, 6) is -2.68. The molecule has 0 aromatic heterocycles. The Kier molecular flexibility index (Phi) is 6.91. The molecule has 0 atom stereocenters. The van der Waals surface area contributed by atoms with Crippen LogP contribution in [0.5, 0.6) is 0 Å². The number of carbonyl (C=O) groups excluding carboxylic acids is 2. The highest BCUT2D eigenvalue weighted by atomic mass is 19.1. The van der Waals surface area contributed by atoms with Crippen molar-refractivity contribution < 1.29 is 28.6 Å². The summed E-state index contributed by atoms with van der Waals surface area (Å²) in [4.78, 5) is 35.6. The number of ether oxygens (including phenoxy) is 1. The van der Waals surface area contributed by atoms with Crippen molar-refractivity contribution in [3.63, 3.8) is 0 Å². The third-order valence-corrected chi connectivity index (χ3v) is 5.82. The molecule has 0 aliphatic heterocycles. The summed E-state index contributed by atoms with van der Waals surface area (Å²) in [5, 5.41) is 13.9. The Balaban J connectivity index is 1.31. The van der Waals surface area contributed by atoms with Crippen LogP contribution in [0.25, 0.3) is 11.1 Å². The number of hydrogen-bond donors (Lipinski definition) is 3. The molecule has 35 heavy (non-hydrogen) atoms. The lowest BCUT2D eigenvalue weighted by molar-refractivity contribution is -0.112. The van der Waals surface area contributed by atoms with Crippen molar-refractivity contribution in [2.75, 3.05) is 18.5 Å². The zero-order valence-corrected chi connectivity index (χ0v) is 18.9. The van der Waals surface area contributed by atoms with Crippen molar-refractivity contribution in [2.24, 2.45) is 0 Å². The van der Waals surface area contributed by atoms with Crippen molar-refractivity contribution >= 4 is 23.7 Å². The molecule has 0 saturated carbocycles. The van der Waals surface area contributed by atoms with Crippen LogP contribution in [0, 0.1) is 5.82 Å². The minimum Gasteiger partial charge on any atom is -0.478 e. The van der Waals surface area contributed by atoms with Crippen LogP contribution in [-0.4, -0.2) is 36.2 Å². The Hall–Kier alpha value is -4.46. The summed E-state index contributed by atoms with van der Waals surface area (Å²) >= 11 is 0. The van der Waals surface area contributed by atoms with Gasteiger partial charge in [-0.15, -0.1) is 0 Å². The van der Waals surface area contributed by atoms with Crippen molar-refractivity contribution in [1.82, 2.24) is 5.32 Å². The number of hydrogen-bond acceptors (Lipinski definition) is 4. The van der Waals surface area contributed by atoms with Gasteiger partial charge in [0.15, 0.2) is 0 Å². The molecule has 2 amide bonds. The number of rotatable bonds is 7. The normalized spacial score (nSPS) is 12.5. The molecule has 0 saturated heterocycles. The second-order valence-electron chi connectivity index (χ2n) is 8.05. The summed E-state index contributed by atoms with van der Waals surface area (Å²) in [6.45, 7) is 1.68. The number of alkyl carbamates (subject to hydrolysis) is 1. The average Bonchev–Trinajstić information content (AvgIpc) is 3.17. The van der Waals surface area contributed by atoms with E-state index in [1.807, 2.05) is 36.4 Å². The van der Waals surface area contributed by atoms with Crippen LogP contribution in [0.15, 0.2) is 78.4 Å². The average molecular weight is 474 g/mol. The second-order valence-corrected chi connectivity index (χ2v) is 8.05. The second kappa shape index (κ2) is 10.2. The molecule has 3 N–H and O–H groups in total. The van der Waals surface area contributed by atoms with E-state index in [2.05, 4.69) is 22.8 Å². The fourth-order valence-electron chi connectivity index (χ4n) is 4.00. The first kappa shape index (κ1) is 23.7. The van der Waals surface area contributed by atoms with Gasteiger partial charge in [0.2, 0.25) is 0 Å². The van der Waals surface area contributed by atoms with Crippen molar-refractivity contribution in [3.05, 3.63) is 101 Å². The van der Waals surface area contributed by atoms with Gasteiger partial charge in [0, 0.05) is 18.0 Å². The Labute approximate surface area is 201 Å². The van der Waals surface area contributed by atoms with Crippen LogP contribution in [0.4, 0.5) is 14.9 Å². The molecular formula is C27H23FN2O5. The fourth-order valence-corrected chi connectivity index (χ4v) is 4.00. The van der Waals surface area contributed by atoms with Gasteiger partial charge in [-0.1, -0.05) is 54.6 Å². The van der Waals surface area contributed by atoms with Crippen LogP contribution in [0.2, 0.25) is 0 Å². The van der Waals surface area contributed by atoms with E-state index in [-0.39, 0.29) is 35.9 Å². The Morgan fingerprint density at radius 1 is 1.00 bits per heavy atom. The molecule has 3 aromatic carbocycles. The number of carbonyl (C=O) groups is 3. The van der Waals surface area contributed by atoms with E-state index in [1.54, 1.807) is 0 Å². The van der Waals surface area contributed by atoms with Gasteiger partial charge in [-0.2, -0.15) is 0 Å². The first-order valence-electron chi connectivity index (χ1n) is 10.9. The molecule has 8 heteroatoms. The molecule has 1 aliphatic rings. The highest BCUT2D eigenvalue weighted by molar-refractivity contribution is 6.04. The summed E-state index contributed by atoms with van der Waals surface area (Å²) < 4.78 is 19.4. The standard InChI is InChI=1S/C27H23FN2O5/c1-16(25(31)30-24-14-17(26(32)33)10-11-23(24)28)12-13-29-27(34)35-15-22-20-8-4-2-6-18(20)19-7-3-5-9-21(19)22/h2-12,14,22H,13,15H2,1H3,(H,29,34)(H,30,31)(H,32,33)/b16-12+. The number of fused-ring (bicyclic) bond motifs is 3. The molecule has 0 spiro atoms. The van der Waals surface area contributed by atoms with Gasteiger partial charge in [-0.25, -0.2) is 14.0 Å². The molecular weight excluding hydrogens is 451 g/mol. The van der Waals surface area contributed by atoms with E-state index < -0.39 is 23.8 Å². The number of carboxylic acids is 1. The number of aromatic carboxylic acids is 1. The maximum atomic E-state index is 13.9. The Morgan fingerprint density at radius 2 is 1.63 bits per heavy atom. The fraction of sp³-hybridized carbons (Fsp3) is 0.148. The molecule has 0 unspecified atom stereocenters. The van der Waals surface area contributed by atoms with Crippen molar-refractivity contribution in [1.29, 1.82) is 0 Å². The van der Waals surface area contributed by atoms with Crippen molar-refractivity contribution in [3.8, 4) is 11.1 Å². The molecule has 0 radical (unpaired) electrons. The number of halogens is 1. The van der Waals surface area contributed by atoms with E-state index >= 15 is 0 Å². The first-order chi connectivity index (χ1) is 16.8. The van der Waals surface area contributed by atoms with Gasteiger partial charge in [0.25, 0.3) is 5.91 Å². The molecule has 0 fully saturated rings. The van der Waals surface area contributed by atoms with E-state index in [4.69, 9.17) is 9.84 Å². The highest BCUT2D eigenvalue weighted by Crippen LogP contribution is 2.44. The Morgan fingerprint density at radius 3 is 2.26 bits per heavy atom. The predicted molar refractivity (Wildman–Crippen MR) is 129 cm³/mol. The number of amides is 2. The highest BCUT2D eigenvalue weighted by Gasteiger charge is 2.28. The van der Waals surface area contributed by atoms with Crippen LogP contribution < -0.4 is 10.6 Å². The van der Waals surface area contributed by atoms with Crippen molar-refractivity contribution in [2.45, 2.75) is 12.8 Å². The Bertz CT molecular complexity index is 1290. The van der Waals surface area contributed by atoms with Crippen LogP contribution in [0.3, 0.4) is 0 Å². The zero-order valence-electron chi connectivity index (χ0n) is 18.9. The summed E-state index contributed by atoms with van der Waals surface area (Å²) in [6.07, 6.45) is 0.826.